The van der Waals surface area contributed by atoms with E-state index in [0.717, 1.165) is 25.8 Å². The number of halogens is 2. The van der Waals surface area contributed by atoms with E-state index < -0.39 is 6.10 Å². The predicted molar refractivity (Wildman–Crippen MR) is 89.8 cm³/mol. The summed E-state index contributed by atoms with van der Waals surface area (Å²) < 4.78 is 13.1. The highest BCUT2D eigenvalue weighted by molar-refractivity contribution is 9.10. The molecule has 2 aromatic rings. The van der Waals surface area contributed by atoms with Crippen LogP contribution in [0.4, 0.5) is 0 Å². The number of hydrogen-bond donors (Lipinski definition) is 1. The third-order valence-corrected chi connectivity index (χ3v) is 4.04. The molecule has 0 aliphatic rings. The van der Waals surface area contributed by atoms with Crippen LogP contribution in [0.5, 0.6) is 11.5 Å². The summed E-state index contributed by atoms with van der Waals surface area (Å²) in [7, 11) is 1.63. The minimum Gasteiger partial charge on any atom is -0.496 e. The Balaban J connectivity index is 2.24. The second-order valence-corrected chi connectivity index (χ2v) is 6.43. The lowest BCUT2D eigenvalue weighted by Gasteiger charge is -2.15. The monoisotopic (exact) mass is 414 g/mol. The van der Waals surface area contributed by atoms with Crippen molar-refractivity contribution >= 4 is 31.9 Å². The molecule has 0 unspecified atom stereocenters. The maximum absolute atomic E-state index is 9.81. The molecule has 3 nitrogen and oxygen atoms in total. The quantitative estimate of drug-likeness (QED) is 0.758. The van der Waals surface area contributed by atoms with Gasteiger partial charge in [-0.1, -0.05) is 37.9 Å². The summed E-state index contributed by atoms with van der Waals surface area (Å²) in [4.78, 5) is 0. The molecular formula is C16H16Br2O3. The number of aliphatic hydroxyl groups is 1. The van der Waals surface area contributed by atoms with E-state index in [1.165, 1.54) is 0 Å². The van der Waals surface area contributed by atoms with E-state index in [1.807, 2.05) is 36.4 Å². The Morgan fingerprint density at radius 1 is 1.05 bits per heavy atom. The largest absolute Gasteiger partial charge is 0.496 e. The van der Waals surface area contributed by atoms with Crippen LogP contribution in [0, 0.1) is 0 Å². The number of ether oxygens (including phenoxy) is 2. The lowest BCUT2D eigenvalue weighted by molar-refractivity contribution is 0.190. The maximum atomic E-state index is 9.81. The van der Waals surface area contributed by atoms with Crippen LogP contribution >= 0.6 is 31.9 Å². The molecule has 2 aromatic carbocycles. The lowest BCUT2D eigenvalue weighted by Crippen LogP contribution is -2.02. The fourth-order valence-electron chi connectivity index (χ4n) is 1.99. The number of aliphatic hydroxyl groups excluding tert-OH is 1. The van der Waals surface area contributed by atoms with Gasteiger partial charge in [0.05, 0.1) is 13.2 Å². The van der Waals surface area contributed by atoms with E-state index in [2.05, 4.69) is 31.9 Å². The molecule has 1 atom stereocenters. The molecule has 0 bridgehead atoms. The van der Waals surface area contributed by atoms with Gasteiger partial charge in [0.2, 0.25) is 0 Å². The van der Waals surface area contributed by atoms with Crippen molar-refractivity contribution in [3.63, 3.8) is 0 Å². The minimum absolute atomic E-state index is 0.360. The van der Waals surface area contributed by atoms with Gasteiger partial charge in [0.25, 0.3) is 0 Å². The van der Waals surface area contributed by atoms with Gasteiger partial charge < -0.3 is 14.6 Å². The molecule has 5 heteroatoms. The molecule has 0 amide bonds. The standard InChI is InChI=1S/C16H16Br2O3/c1-10(19)14-5-3-13(18)8-16(14)21-9-11-7-12(17)4-6-15(11)20-2/h3-8,10,19H,9H2,1-2H3/t10-/m1/s1. The van der Waals surface area contributed by atoms with Crippen LogP contribution in [0.1, 0.15) is 24.2 Å². The third-order valence-electron chi connectivity index (χ3n) is 3.05. The van der Waals surface area contributed by atoms with Crippen LogP contribution in [0.2, 0.25) is 0 Å². The van der Waals surface area contributed by atoms with Crippen LogP contribution < -0.4 is 9.47 Å². The second-order valence-electron chi connectivity index (χ2n) is 4.60. The zero-order valence-corrected chi connectivity index (χ0v) is 14.9. The first-order chi connectivity index (χ1) is 10.0. The van der Waals surface area contributed by atoms with Gasteiger partial charge in [0.1, 0.15) is 18.1 Å². The Morgan fingerprint density at radius 2 is 1.71 bits per heavy atom. The molecule has 0 aromatic heterocycles. The van der Waals surface area contributed by atoms with E-state index in [0.29, 0.717) is 12.4 Å². The van der Waals surface area contributed by atoms with Crippen molar-refractivity contribution in [3.8, 4) is 11.5 Å². The van der Waals surface area contributed by atoms with Crippen LogP contribution in [0.15, 0.2) is 45.3 Å². The summed E-state index contributed by atoms with van der Waals surface area (Å²) in [6.07, 6.45) is -0.586. The van der Waals surface area contributed by atoms with Crippen LogP contribution in [-0.4, -0.2) is 12.2 Å². The van der Waals surface area contributed by atoms with Gasteiger partial charge in [0.15, 0.2) is 0 Å². The molecular weight excluding hydrogens is 400 g/mol. The van der Waals surface area contributed by atoms with Gasteiger partial charge in [-0.3, -0.25) is 0 Å². The van der Waals surface area contributed by atoms with Gasteiger partial charge in [-0.15, -0.1) is 0 Å². The summed E-state index contributed by atoms with van der Waals surface area (Å²) in [5.41, 5.74) is 1.69. The molecule has 0 spiro atoms. The van der Waals surface area contributed by atoms with Crippen molar-refractivity contribution in [2.24, 2.45) is 0 Å². The number of hydrogen-bond acceptors (Lipinski definition) is 3. The Kier molecular flexibility index (Phi) is 5.67. The molecule has 0 heterocycles. The van der Waals surface area contributed by atoms with E-state index in [1.54, 1.807) is 14.0 Å². The first-order valence-electron chi connectivity index (χ1n) is 6.44. The van der Waals surface area contributed by atoms with Crippen molar-refractivity contribution in [3.05, 3.63) is 56.5 Å². The molecule has 2 rings (SSSR count). The number of benzene rings is 2. The number of methoxy groups -OCH3 is 1. The highest BCUT2D eigenvalue weighted by Crippen LogP contribution is 2.30. The smallest absolute Gasteiger partial charge is 0.126 e. The fraction of sp³-hybridized carbons (Fsp3) is 0.250. The Bertz CT molecular complexity index is 627. The Labute approximate surface area is 141 Å². The second kappa shape index (κ2) is 7.29. The molecule has 0 saturated carbocycles. The highest BCUT2D eigenvalue weighted by atomic mass is 79.9. The Morgan fingerprint density at radius 3 is 2.38 bits per heavy atom. The summed E-state index contributed by atoms with van der Waals surface area (Å²) in [5.74, 6) is 1.42. The van der Waals surface area contributed by atoms with Crippen LogP contribution in [0.3, 0.4) is 0 Å². The highest BCUT2D eigenvalue weighted by Gasteiger charge is 2.11. The van der Waals surface area contributed by atoms with Crippen molar-refractivity contribution in [1.82, 2.24) is 0 Å². The van der Waals surface area contributed by atoms with Gasteiger partial charge in [-0.2, -0.15) is 0 Å². The van der Waals surface area contributed by atoms with Crippen molar-refractivity contribution in [2.45, 2.75) is 19.6 Å². The average Bonchev–Trinajstić information content (AvgIpc) is 2.45. The molecule has 1 N–H and O–H groups in total. The summed E-state index contributed by atoms with van der Waals surface area (Å²) in [5, 5.41) is 9.81. The van der Waals surface area contributed by atoms with Crippen LogP contribution in [0.25, 0.3) is 0 Å². The predicted octanol–water partition coefficient (Wildman–Crippen LogP) is 4.85. The summed E-state index contributed by atoms with van der Waals surface area (Å²) in [6.45, 7) is 2.08. The van der Waals surface area contributed by atoms with Gasteiger partial charge in [-0.25, -0.2) is 0 Å². The van der Waals surface area contributed by atoms with Crippen molar-refractivity contribution in [1.29, 1.82) is 0 Å². The van der Waals surface area contributed by atoms with Crippen LogP contribution in [-0.2, 0) is 6.61 Å². The summed E-state index contributed by atoms with van der Waals surface area (Å²) >= 11 is 6.86. The number of rotatable bonds is 5. The van der Waals surface area contributed by atoms with Gasteiger partial charge in [-0.05, 0) is 37.3 Å². The van der Waals surface area contributed by atoms with E-state index >= 15 is 0 Å². The van der Waals surface area contributed by atoms with E-state index in [4.69, 9.17) is 9.47 Å². The van der Waals surface area contributed by atoms with E-state index in [9.17, 15) is 5.11 Å². The minimum atomic E-state index is -0.586. The first-order valence-corrected chi connectivity index (χ1v) is 8.02. The SMILES string of the molecule is COc1ccc(Br)cc1COc1cc(Br)ccc1[C@@H](C)O. The third kappa shape index (κ3) is 4.22. The normalized spacial score (nSPS) is 12.0. The van der Waals surface area contributed by atoms with Crippen molar-refractivity contribution in [2.75, 3.05) is 7.11 Å². The maximum Gasteiger partial charge on any atom is 0.126 e. The zero-order chi connectivity index (χ0) is 15.4. The van der Waals surface area contributed by atoms with Gasteiger partial charge >= 0.3 is 0 Å². The fourth-order valence-corrected chi connectivity index (χ4v) is 2.74. The molecule has 112 valence electrons. The zero-order valence-electron chi connectivity index (χ0n) is 11.8. The van der Waals surface area contributed by atoms with Crippen molar-refractivity contribution < 1.29 is 14.6 Å². The molecule has 0 saturated heterocycles. The molecule has 0 aliphatic carbocycles. The Hall–Kier alpha value is -1.04. The molecule has 21 heavy (non-hydrogen) atoms. The molecule has 0 fully saturated rings. The molecule has 0 radical (unpaired) electrons. The summed E-state index contributed by atoms with van der Waals surface area (Å²) in [6, 6.07) is 11.4. The molecule has 0 aliphatic heterocycles. The average molecular weight is 416 g/mol. The topological polar surface area (TPSA) is 38.7 Å². The van der Waals surface area contributed by atoms with E-state index in [-0.39, 0.29) is 0 Å². The lowest BCUT2D eigenvalue weighted by atomic mass is 10.1. The first kappa shape index (κ1) is 16.3. The van der Waals surface area contributed by atoms with Gasteiger partial charge in [0, 0.05) is 20.1 Å².